The Balaban J connectivity index is 1.60. The minimum Gasteiger partial charge on any atom is -0.507 e. The van der Waals surface area contributed by atoms with Crippen LogP contribution in [0, 0.1) is 6.92 Å². The Kier molecular flexibility index (Phi) is 7.53. The first-order valence-electron chi connectivity index (χ1n) is 10.8. The highest BCUT2D eigenvalue weighted by molar-refractivity contribution is 6.35. The van der Waals surface area contributed by atoms with Crippen molar-refractivity contribution in [1.29, 1.82) is 0 Å². The minimum absolute atomic E-state index is 0.197. The van der Waals surface area contributed by atoms with Gasteiger partial charge in [0.25, 0.3) is 0 Å². The molecule has 1 aliphatic rings. The molecule has 2 aromatic carbocycles. The SMILES string of the molecule is Cc1ccc(O)c(-c2cc(-c3cc(Cl)cc(Cl)c3)cc(NCCCN3CCOCC3)n2)c1. The lowest BCUT2D eigenvalue weighted by Gasteiger charge is -2.26. The summed E-state index contributed by atoms with van der Waals surface area (Å²) in [6.07, 6.45) is 1.000. The summed E-state index contributed by atoms with van der Waals surface area (Å²) in [5, 5.41) is 15.1. The van der Waals surface area contributed by atoms with E-state index in [1.165, 1.54) is 0 Å². The van der Waals surface area contributed by atoms with Crippen LogP contribution in [0.2, 0.25) is 10.0 Å². The molecule has 1 aliphatic heterocycles. The van der Waals surface area contributed by atoms with Gasteiger partial charge in [0, 0.05) is 35.2 Å². The number of aromatic hydroxyl groups is 1. The Morgan fingerprint density at radius 3 is 2.47 bits per heavy atom. The number of pyridine rings is 1. The summed E-state index contributed by atoms with van der Waals surface area (Å²) in [7, 11) is 0. The molecule has 1 saturated heterocycles. The fraction of sp³-hybridized carbons (Fsp3) is 0.320. The lowest BCUT2D eigenvalue weighted by Crippen LogP contribution is -2.37. The van der Waals surface area contributed by atoms with Crippen molar-refractivity contribution in [3.05, 3.63) is 64.1 Å². The summed E-state index contributed by atoms with van der Waals surface area (Å²) in [4.78, 5) is 7.21. The molecule has 3 aromatic rings. The highest BCUT2D eigenvalue weighted by Gasteiger charge is 2.13. The monoisotopic (exact) mass is 471 g/mol. The average molecular weight is 472 g/mol. The topological polar surface area (TPSA) is 57.6 Å². The minimum atomic E-state index is 0.197. The number of benzene rings is 2. The second-order valence-corrected chi connectivity index (χ2v) is 8.91. The average Bonchev–Trinajstić information content (AvgIpc) is 2.78. The molecule has 5 nitrogen and oxygen atoms in total. The first-order valence-corrected chi connectivity index (χ1v) is 11.6. The number of aryl methyl sites for hydroxylation is 1. The molecule has 168 valence electrons. The Hall–Kier alpha value is -2.31. The van der Waals surface area contributed by atoms with E-state index in [4.69, 9.17) is 32.9 Å². The molecular weight excluding hydrogens is 445 g/mol. The Bertz CT molecular complexity index is 1060. The molecule has 4 rings (SSSR count). The van der Waals surface area contributed by atoms with Gasteiger partial charge in [-0.3, -0.25) is 4.90 Å². The quantitative estimate of drug-likeness (QED) is 0.421. The van der Waals surface area contributed by atoms with E-state index in [-0.39, 0.29) is 5.75 Å². The lowest BCUT2D eigenvalue weighted by atomic mass is 10.0. The second-order valence-electron chi connectivity index (χ2n) is 8.04. The zero-order chi connectivity index (χ0) is 22.5. The van der Waals surface area contributed by atoms with Gasteiger partial charge >= 0.3 is 0 Å². The number of halogens is 2. The number of hydrogen-bond donors (Lipinski definition) is 2. The van der Waals surface area contributed by atoms with Crippen molar-refractivity contribution < 1.29 is 9.84 Å². The second kappa shape index (κ2) is 10.5. The number of nitrogens with one attached hydrogen (secondary N) is 1. The fourth-order valence-corrected chi connectivity index (χ4v) is 4.37. The van der Waals surface area contributed by atoms with Gasteiger partial charge in [0.2, 0.25) is 0 Å². The van der Waals surface area contributed by atoms with Crippen LogP contribution in [-0.4, -0.2) is 54.4 Å². The molecule has 0 spiro atoms. The molecule has 0 unspecified atom stereocenters. The number of phenols is 1. The molecule has 2 heterocycles. The predicted octanol–water partition coefficient (Wildman–Crippen LogP) is 5.87. The van der Waals surface area contributed by atoms with E-state index in [1.54, 1.807) is 12.1 Å². The smallest absolute Gasteiger partial charge is 0.127 e. The number of phenolic OH excluding ortho intramolecular Hbond substituents is 1. The van der Waals surface area contributed by atoms with Crippen LogP contribution in [0.1, 0.15) is 12.0 Å². The van der Waals surface area contributed by atoms with E-state index in [0.29, 0.717) is 21.3 Å². The Labute approximate surface area is 199 Å². The number of nitrogens with zero attached hydrogens (tertiary/aromatic N) is 2. The van der Waals surface area contributed by atoms with Crippen LogP contribution in [0.4, 0.5) is 5.82 Å². The van der Waals surface area contributed by atoms with Crippen molar-refractivity contribution in [1.82, 2.24) is 9.88 Å². The third-order valence-corrected chi connectivity index (χ3v) is 5.95. The number of ether oxygens (including phenoxy) is 1. The molecule has 7 heteroatoms. The van der Waals surface area contributed by atoms with E-state index in [0.717, 1.165) is 68.3 Å². The number of aromatic nitrogens is 1. The molecule has 0 atom stereocenters. The van der Waals surface area contributed by atoms with Crippen LogP contribution in [0.25, 0.3) is 22.4 Å². The molecule has 2 N–H and O–H groups in total. The summed E-state index contributed by atoms with van der Waals surface area (Å²) in [5.74, 6) is 0.944. The maximum absolute atomic E-state index is 10.5. The highest BCUT2D eigenvalue weighted by Crippen LogP contribution is 2.34. The van der Waals surface area contributed by atoms with Crippen molar-refractivity contribution >= 4 is 29.0 Å². The maximum Gasteiger partial charge on any atom is 0.127 e. The summed E-state index contributed by atoms with van der Waals surface area (Å²) in [6, 6.07) is 14.9. The maximum atomic E-state index is 10.5. The van der Waals surface area contributed by atoms with Gasteiger partial charge in [-0.15, -0.1) is 0 Å². The van der Waals surface area contributed by atoms with Gasteiger partial charge in [-0.05, 0) is 73.5 Å². The highest BCUT2D eigenvalue weighted by atomic mass is 35.5. The van der Waals surface area contributed by atoms with Gasteiger partial charge in [-0.25, -0.2) is 4.98 Å². The molecule has 0 radical (unpaired) electrons. The van der Waals surface area contributed by atoms with E-state index in [1.807, 2.05) is 43.3 Å². The molecule has 0 amide bonds. The number of rotatable bonds is 7. The van der Waals surface area contributed by atoms with Crippen molar-refractivity contribution in [2.75, 3.05) is 44.7 Å². The Morgan fingerprint density at radius 1 is 1.00 bits per heavy atom. The zero-order valence-corrected chi connectivity index (χ0v) is 19.6. The van der Waals surface area contributed by atoms with Crippen LogP contribution in [0.15, 0.2) is 48.5 Å². The van der Waals surface area contributed by atoms with Crippen LogP contribution in [0.5, 0.6) is 5.75 Å². The molecule has 0 aliphatic carbocycles. The van der Waals surface area contributed by atoms with Crippen LogP contribution in [0.3, 0.4) is 0 Å². The summed E-state index contributed by atoms with van der Waals surface area (Å²) >= 11 is 12.5. The van der Waals surface area contributed by atoms with E-state index < -0.39 is 0 Å². The molecular formula is C25H27Cl2N3O2. The predicted molar refractivity (Wildman–Crippen MR) is 132 cm³/mol. The zero-order valence-electron chi connectivity index (χ0n) is 18.1. The van der Waals surface area contributed by atoms with Crippen molar-refractivity contribution in [2.45, 2.75) is 13.3 Å². The van der Waals surface area contributed by atoms with Crippen LogP contribution in [-0.2, 0) is 4.74 Å². The van der Waals surface area contributed by atoms with E-state index >= 15 is 0 Å². The summed E-state index contributed by atoms with van der Waals surface area (Å²) in [6.45, 7) is 7.40. The van der Waals surface area contributed by atoms with Gasteiger partial charge in [0.1, 0.15) is 11.6 Å². The first kappa shape index (κ1) is 22.9. The standard InChI is InChI=1S/C25H27Cl2N3O2/c1-17-3-4-24(31)22(11-17)23-14-19(18-12-20(26)16-21(27)13-18)15-25(29-23)28-5-2-6-30-7-9-32-10-8-30/h3-4,11-16,31H,2,5-10H2,1H3,(H,28,29). The third kappa shape index (κ3) is 5.93. The van der Waals surface area contributed by atoms with E-state index in [2.05, 4.69) is 10.2 Å². The van der Waals surface area contributed by atoms with E-state index in [9.17, 15) is 5.11 Å². The Morgan fingerprint density at radius 2 is 1.72 bits per heavy atom. The van der Waals surface area contributed by atoms with Gasteiger partial charge in [0.15, 0.2) is 0 Å². The molecule has 32 heavy (non-hydrogen) atoms. The summed E-state index contributed by atoms with van der Waals surface area (Å²) in [5.41, 5.74) is 4.26. The van der Waals surface area contributed by atoms with Gasteiger partial charge in [0.05, 0.1) is 18.9 Å². The normalized spacial score (nSPS) is 14.5. The van der Waals surface area contributed by atoms with Crippen molar-refractivity contribution in [2.24, 2.45) is 0 Å². The largest absolute Gasteiger partial charge is 0.507 e. The summed E-state index contributed by atoms with van der Waals surface area (Å²) < 4.78 is 5.41. The van der Waals surface area contributed by atoms with Gasteiger partial charge < -0.3 is 15.2 Å². The first-order chi connectivity index (χ1) is 15.5. The molecule has 0 bridgehead atoms. The van der Waals surface area contributed by atoms with Crippen molar-refractivity contribution in [3.63, 3.8) is 0 Å². The molecule has 0 saturated carbocycles. The van der Waals surface area contributed by atoms with Gasteiger partial charge in [-0.1, -0.05) is 34.8 Å². The van der Waals surface area contributed by atoms with Crippen molar-refractivity contribution in [3.8, 4) is 28.1 Å². The van der Waals surface area contributed by atoms with Crippen LogP contribution < -0.4 is 5.32 Å². The fourth-order valence-electron chi connectivity index (χ4n) is 3.85. The number of anilines is 1. The number of morpholine rings is 1. The van der Waals surface area contributed by atoms with Crippen LogP contribution >= 0.6 is 23.2 Å². The van der Waals surface area contributed by atoms with Gasteiger partial charge in [-0.2, -0.15) is 0 Å². The molecule has 1 aromatic heterocycles. The lowest BCUT2D eigenvalue weighted by molar-refractivity contribution is 0.0378. The third-order valence-electron chi connectivity index (χ3n) is 5.51. The number of hydrogen-bond acceptors (Lipinski definition) is 5. The molecule has 1 fully saturated rings.